The van der Waals surface area contributed by atoms with Crippen molar-refractivity contribution >= 4 is 28.7 Å². The van der Waals surface area contributed by atoms with E-state index in [0.29, 0.717) is 29.9 Å². The maximum absolute atomic E-state index is 13.0. The van der Waals surface area contributed by atoms with Crippen molar-refractivity contribution in [2.45, 2.75) is 13.0 Å². The fraction of sp³-hybridized carbons (Fsp3) is 0.250. The summed E-state index contributed by atoms with van der Waals surface area (Å²) in [6, 6.07) is 10.0. The first-order chi connectivity index (χ1) is 13.6. The minimum atomic E-state index is -0.00210. The Hall–Kier alpha value is -3.39. The normalized spacial score (nSPS) is 17.5. The third kappa shape index (κ3) is 2.78. The number of imidazole rings is 1. The number of anilines is 1. The lowest BCUT2D eigenvalue weighted by atomic mass is 10.1. The molecule has 1 aliphatic heterocycles. The Labute approximate surface area is 161 Å². The van der Waals surface area contributed by atoms with Crippen molar-refractivity contribution < 1.29 is 9.21 Å². The Kier molecular flexibility index (Phi) is 3.80. The lowest BCUT2D eigenvalue weighted by Crippen LogP contribution is -2.51. The van der Waals surface area contributed by atoms with Gasteiger partial charge in [0.1, 0.15) is 16.9 Å². The number of benzene rings is 1. The largest absolute Gasteiger partial charge is 0.424 e. The summed E-state index contributed by atoms with van der Waals surface area (Å²) in [4.78, 5) is 23.5. The van der Waals surface area contributed by atoms with Crippen LogP contribution in [-0.2, 0) is 0 Å². The molecule has 0 radical (unpaired) electrons. The summed E-state index contributed by atoms with van der Waals surface area (Å²) in [5.74, 6) is -0.00210. The summed E-state index contributed by atoms with van der Waals surface area (Å²) in [6.07, 6.45) is 3.58. The first-order valence-electron chi connectivity index (χ1n) is 9.25. The summed E-state index contributed by atoms with van der Waals surface area (Å²) in [6.45, 7) is 4.27. The van der Waals surface area contributed by atoms with Crippen LogP contribution in [0.4, 0.5) is 6.01 Å². The number of nitrogen functional groups attached to an aromatic ring is 1. The van der Waals surface area contributed by atoms with Crippen molar-refractivity contribution in [3.05, 3.63) is 48.4 Å². The van der Waals surface area contributed by atoms with Gasteiger partial charge in [-0.15, -0.1) is 0 Å². The number of nitrogens with zero attached hydrogens (tertiary/aromatic N) is 4. The van der Waals surface area contributed by atoms with Crippen molar-refractivity contribution in [1.82, 2.24) is 24.6 Å². The fourth-order valence-corrected chi connectivity index (χ4v) is 3.71. The molecule has 4 aromatic rings. The second kappa shape index (κ2) is 6.35. The second-order valence-corrected chi connectivity index (χ2v) is 7.13. The molecule has 0 spiro atoms. The summed E-state index contributed by atoms with van der Waals surface area (Å²) in [5, 5.41) is 3.36. The van der Waals surface area contributed by atoms with Crippen LogP contribution in [0.3, 0.4) is 0 Å². The topological polar surface area (TPSA) is 102 Å². The molecule has 1 unspecified atom stereocenters. The van der Waals surface area contributed by atoms with Crippen LogP contribution in [-0.4, -0.2) is 50.9 Å². The quantitative estimate of drug-likeness (QED) is 0.556. The highest BCUT2D eigenvalue weighted by molar-refractivity contribution is 5.93. The summed E-state index contributed by atoms with van der Waals surface area (Å²) in [5.41, 5.74) is 10.2. The average Bonchev–Trinajstić information content (AvgIpc) is 3.28. The molecule has 1 saturated heterocycles. The molecule has 1 amide bonds. The first-order valence-corrected chi connectivity index (χ1v) is 9.25. The van der Waals surface area contributed by atoms with E-state index in [9.17, 15) is 4.79 Å². The van der Waals surface area contributed by atoms with Gasteiger partial charge in [-0.2, -0.15) is 4.98 Å². The fourth-order valence-electron chi connectivity index (χ4n) is 3.71. The van der Waals surface area contributed by atoms with Gasteiger partial charge in [-0.1, -0.05) is 6.07 Å². The molecule has 0 saturated carbocycles. The summed E-state index contributed by atoms with van der Waals surface area (Å²) < 4.78 is 7.19. The van der Waals surface area contributed by atoms with Crippen LogP contribution in [0.15, 0.2) is 47.1 Å². The lowest BCUT2D eigenvalue weighted by molar-refractivity contribution is 0.0702. The number of rotatable bonds is 2. The maximum Gasteiger partial charge on any atom is 0.292 e. The van der Waals surface area contributed by atoms with E-state index in [1.807, 2.05) is 45.8 Å². The van der Waals surface area contributed by atoms with Crippen molar-refractivity contribution in [2.75, 3.05) is 25.4 Å². The van der Waals surface area contributed by atoms with Gasteiger partial charge in [0.2, 0.25) is 0 Å². The zero-order valence-electron chi connectivity index (χ0n) is 15.4. The number of nitrogens with two attached hydrogens (primary N) is 1. The minimum Gasteiger partial charge on any atom is -0.424 e. The van der Waals surface area contributed by atoms with E-state index in [1.54, 1.807) is 6.20 Å². The zero-order valence-corrected chi connectivity index (χ0v) is 15.4. The molecule has 3 N–H and O–H groups in total. The highest BCUT2D eigenvalue weighted by Crippen LogP contribution is 2.26. The molecule has 5 rings (SSSR count). The number of carbonyl (C=O) groups is 1. The molecule has 142 valence electrons. The van der Waals surface area contributed by atoms with E-state index >= 15 is 0 Å². The van der Waals surface area contributed by atoms with Crippen LogP contribution in [0, 0.1) is 0 Å². The van der Waals surface area contributed by atoms with Crippen LogP contribution in [0.25, 0.3) is 27.9 Å². The van der Waals surface area contributed by atoms with E-state index < -0.39 is 0 Å². The number of piperazine rings is 1. The van der Waals surface area contributed by atoms with Gasteiger partial charge in [0, 0.05) is 31.9 Å². The molecule has 1 fully saturated rings. The van der Waals surface area contributed by atoms with E-state index in [1.165, 1.54) is 0 Å². The lowest BCUT2D eigenvalue weighted by Gasteiger charge is -2.31. The number of pyridine rings is 1. The monoisotopic (exact) mass is 376 g/mol. The number of oxazole rings is 1. The molecule has 4 heterocycles. The third-order valence-electron chi connectivity index (χ3n) is 5.12. The minimum absolute atomic E-state index is 0.00210. The number of hydrogen-bond acceptors (Lipinski definition) is 6. The number of aromatic nitrogens is 3. The molecule has 3 aromatic heterocycles. The number of amides is 1. The van der Waals surface area contributed by atoms with Crippen LogP contribution in [0.2, 0.25) is 0 Å². The number of hydrogen-bond donors (Lipinski definition) is 2. The Morgan fingerprint density at radius 2 is 2.14 bits per heavy atom. The first kappa shape index (κ1) is 16.8. The molecular formula is C20H20N6O2. The van der Waals surface area contributed by atoms with Gasteiger partial charge in [0.25, 0.3) is 11.9 Å². The number of nitrogens with one attached hydrogen (secondary N) is 1. The average molecular weight is 376 g/mol. The molecular weight excluding hydrogens is 356 g/mol. The summed E-state index contributed by atoms with van der Waals surface area (Å²) in [7, 11) is 0. The molecule has 0 aliphatic carbocycles. The van der Waals surface area contributed by atoms with E-state index in [-0.39, 0.29) is 18.0 Å². The maximum atomic E-state index is 13.0. The van der Waals surface area contributed by atoms with Gasteiger partial charge >= 0.3 is 0 Å². The second-order valence-electron chi connectivity index (χ2n) is 7.13. The van der Waals surface area contributed by atoms with Crippen molar-refractivity contribution in [1.29, 1.82) is 0 Å². The molecule has 1 aliphatic rings. The van der Waals surface area contributed by atoms with Crippen LogP contribution in [0.5, 0.6) is 0 Å². The molecule has 28 heavy (non-hydrogen) atoms. The van der Waals surface area contributed by atoms with Crippen molar-refractivity contribution in [3.63, 3.8) is 0 Å². The Morgan fingerprint density at radius 1 is 1.29 bits per heavy atom. The molecule has 8 nitrogen and oxygen atoms in total. The smallest absolute Gasteiger partial charge is 0.292 e. The van der Waals surface area contributed by atoms with Gasteiger partial charge in [0.15, 0.2) is 5.58 Å². The Bertz CT molecular complexity index is 1190. The zero-order chi connectivity index (χ0) is 19.3. The van der Waals surface area contributed by atoms with E-state index in [0.717, 1.165) is 23.3 Å². The molecule has 8 heteroatoms. The standard InChI is InChI=1S/C20H20N6O2/c1-12-10-25(7-6-22-12)19(27)16-9-23-18-5-3-14(11-26(16)18)13-2-4-17-15(8-13)24-20(21)28-17/h2-5,8-9,11-12,22H,6-7,10H2,1H3,(H2,21,24). The number of carbonyl (C=O) groups excluding carboxylic acids is 1. The Balaban J connectivity index is 1.54. The number of fused-ring (bicyclic) bond motifs is 2. The van der Waals surface area contributed by atoms with Gasteiger partial charge < -0.3 is 20.4 Å². The van der Waals surface area contributed by atoms with E-state index in [2.05, 4.69) is 22.2 Å². The van der Waals surface area contributed by atoms with Gasteiger partial charge in [0.05, 0.1) is 6.20 Å². The molecule has 1 aromatic carbocycles. The van der Waals surface area contributed by atoms with Crippen LogP contribution >= 0.6 is 0 Å². The van der Waals surface area contributed by atoms with Crippen molar-refractivity contribution in [2.24, 2.45) is 0 Å². The third-order valence-corrected chi connectivity index (χ3v) is 5.12. The van der Waals surface area contributed by atoms with E-state index in [4.69, 9.17) is 10.2 Å². The van der Waals surface area contributed by atoms with Crippen LogP contribution in [0.1, 0.15) is 17.4 Å². The van der Waals surface area contributed by atoms with Gasteiger partial charge in [-0.25, -0.2) is 4.98 Å². The van der Waals surface area contributed by atoms with Gasteiger partial charge in [-0.05, 0) is 42.3 Å². The molecule has 0 bridgehead atoms. The molecule has 1 atom stereocenters. The predicted molar refractivity (Wildman–Crippen MR) is 106 cm³/mol. The SMILES string of the molecule is CC1CN(C(=O)c2cnc3ccc(-c4ccc5oc(N)nc5c4)cn23)CCN1. The highest BCUT2D eigenvalue weighted by atomic mass is 16.4. The summed E-state index contributed by atoms with van der Waals surface area (Å²) >= 11 is 0. The van der Waals surface area contributed by atoms with Crippen LogP contribution < -0.4 is 11.1 Å². The predicted octanol–water partition coefficient (Wildman–Crippen LogP) is 2.16. The van der Waals surface area contributed by atoms with Gasteiger partial charge in [-0.3, -0.25) is 9.20 Å². The Morgan fingerprint density at radius 3 is 3.00 bits per heavy atom. The highest BCUT2D eigenvalue weighted by Gasteiger charge is 2.24. The van der Waals surface area contributed by atoms with Crippen molar-refractivity contribution in [3.8, 4) is 11.1 Å².